The van der Waals surface area contributed by atoms with E-state index in [4.69, 9.17) is 4.74 Å². The number of nitrogens with zero attached hydrogens (tertiary/aromatic N) is 2. The SMILES string of the molecule is CC1(C)OC(=O)c2c1ccn(-c1ccc(S(=O)(=O)Nc3nccs3)cc1)c2=O. The van der Waals surface area contributed by atoms with Crippen molar-refractivity contribution in [1.29, 1.82) is 0 Å². The summed E-state index contributed by atoms with van der Waals surface area (Å²) < 4.78 is 33.7. The number of hydrogen-bond acceptors (Lipinski definition) is 7. The molecule has 144 valence electrons. The summed E-state index contributed by atoms with van der Waals surface area (Å²) in [5, 5.41) is 1.92. The van der Waals surface area contributed by atoms with Crippen LogP contribution in [0, 0.1) is 0 Å². The zero-order valence-electron chi connectivity index (χ0n) is 14.9. The van der Waals surface area contributed by atoms with Crippen LogP contribution in [0.5, 0.6) is 0 Å². The van der Waals surface area contributed by atoms with Gasteiger partial charge in [0.05, 0.1) is 4.90 Å². The normalized spacial score (nSPS) is 15.1. The van der Waals surface area contributed by atoms with Crippen LogP contribution in [0.4, 0.5) is 5.13 Å². The van der Waals surface area contributed by atoms with E-state index in [1.165, 1.54) is 46.4 Å². The lowest BCUT2D eigenvalue weighted by molar-refractivity contribution is 0.00949. The van der Waals surface area contributed by atoms with Crippen molar-refractivity contribution in [2.45, 2.75) is 24.3 Å². The predicted octanol–water partition coefficient (Wildman–Crippen LogP) is 2.50. The molecule has 1 N–H and O–H groups in total. The van der Waals surface area contributed by atoms with Crippen molar-refractivity contribution in [1.82, 2.24) is 9.55 Å². The number of sulfonamides is 1. The van der Waals surface area contributed by atoms with Gasteiger partial charge in [0.1, 0.15) is 11.2 Å². The number of benzene rings is 1. The number of hydrogen-bond donors (Lipinski definition) is 1. The Kier molecular flexibility index (Phi) is 4.12. The topological polar surface area (TPSA) is 107 Å². The summed E-state index contributed by atoms with van der Waals surface area (Å²) in [5.41, 5.74) is -0.410. The molecule has 10 heteroatoms. The van der Waals surface area contributed by atoms with Gasteiger partial charge in [0, 0.05) is 29.0 Å². The van der Waals surface area contributed by atoms with E-state index in [1.54, 1.807) is 31.5 Å². The smallest absolute Gasteiger partial charge is 0.345 e. The number of esters is 1. The van der Waals surface area contributed by atoms with E-state index in [0.717, 1.165) is 0 Å². The number of anilines is 1. The van der Waals surface area contributed by atoms with Crippen LogP contribution in [0.2, 0.25) is 0 Å². The predicted molar refractivity (Wildman–Crippen MR) is 103 cm³/mol. The van der Waals surface area contributed by atoms with E-state index < -0.39 is 27.2 Å². The summed E-state index contributed by atoms with van der Waals surface area (Å²) in [7, 11) is -3.79. The van der Waals surface area contributed by atoms with Gasteiger partial charge < -0.3 is 4.74 Å². The molecule has 0 unspecified atom stereocenters. The number of fused-ring (bicyclic) bond motifs is 1. The first-order valence-electron chi connectivity index (χ1n) is 8.21. The number of thiazole rings is 1. The largest absolute Gasteiger partial charge is 0.451 e. The lowest BCUT2D eigenvalue weighted by Crippen LogP contribution is -2.24. The molecular weight excluding hydrogens is 402 g/mol. The van der Waals surface area contributed by atoms with Gasteiger partial charge in [-0.1, -0.05) is 0 Å². The molecule has 1 aliphatic heterocycles. The Morgan fingerprint density at radius 1 is 1.14 bits per heavy atom. The van der Waals surface area contributed by atoms with Crippen molar-refractivity contribution < 1.29 is 17.9 Å². The van der Waals surface area contributed by atoms with E-state index >= 15 is 0 Å². The standard InChI is InChI=1S/C18H15N3O5S2/c1-18(2)13-7-9-21(15(22)14(13)16(23)26-18)11-3-5-12(6-4-11)28(24,25)20-17-19-8-10-27-17/h3-10H,1-2H3,(H,19,20). The maximum absolute atomic E-state index is 12.8. The second-order valence-corrected chi connectivity index (χ2v) is 9.19. The van der Waals surface area contributed by atoms with Gasteiger partial charge in [-0.05, 0) is 44.2 Å². The highest BCUT2D eigenvalue weighted by Gasteiger charge is 2.40. The molecule has 0 saturated carbocycles. The van der Waals surface area contributed by atoms with E-state index in [9.17, 15) is 18.0 Å². The van der Waals surface area contributed by atoms with Gasteiger partial charge in [-0.15, -0.1) is 11.3 Å². The van der Waals surface area contributed by atoms with Gasteiger partial charge in [-0.25, -0.2) is 18.2 Å². The minimum Gasteiger partial charge on any atom is -0.451 e. The van der Waals surface area contributed by atoms with Crippen molar-refractivity contribution in [2.24, 2.45) is 0 Å². The molecule has 3 aromatic rings. The summed E-state index contributed by atoms with van der Waals surface area (Å²) in [6.45, 7) is 3.44. The molecule has 1 aromatic carbocycles. The van der Waals surface area contributed by atoms with Crippen molar-refractivity contribution in [3.63, 3.8) is 0 Å². The van der Waals surface area contributed by atoms with Crippen LogP contribution in [0.1, 0.15) is 29.8 Å². The Morgan fingerprint density at radius 3 is 2.50 bits per heavy atom. The maximum atomic E-state index is 12.8. The first-order chi connectivity index (χ1) is 13.2. The number of rotatable bonds is 4. The fourth-order valence-electron chi connectivity index (χ4n) is 3.01. The third-order valence-corrected chi connectivity index (χ3v) is 6.54. The second kappa shape index (κ2) is 6.28. The maximum Gasteiger partial charge on any atom is 0.345 e. The average molecular weight is 417 g/mol. The molecule has 0 aliphatic carbocycles. The number of nitrogens with one attached hydrogen (secondary N) is 1. The molecule has 0 radical (unpaired) electrons. The zero-order valence-corrected chi connectivity index (χ0v) is 16.5. The van der Waals surface area contributed by atoms with Crippen LogP contribution in [0.25, 0.3) is 5.69 Å². The fraction of sp³-hybridized carbons (Fsp3) is 0.167. The molecule has 8 nitrogen and oxygen atoms in total. The van der Waals surface area contributed by atoms with Crippen LogP contribution in [-0.4, -0.2) is 23.9 Å². The molecule has 0 spiro atoms. The van der Waals surface area contributed by atoms with Crippen LogP contribution in [-0.2, 0) is 20.4 Å². The third kappa shape index (κ3) is 3.00. The molecule has 0 bridgehead atoms. The Bertz CT molecular complexity index is 1230. The van der Waals surface area contributed by atoms with Gasteiger partial charge in [0.25, 0.3) is 15.6 Å². The molecule has 0 amide bonds. The van der Waals surface area contributed by atoms with Crippen LogP contribution in [0.3, 0.4) is 0 Å². The number of carbonyl (C=O) groups excluding carboxylic acids is 1. The molecule has 28 heavy (non-hydrogen) atoms. The lowest BCUT2D eigenvalue weighted by Gasteiger charge is -2.17. The number of ether oxygens (including phenoxy) is 1. The Morgan fingerprint density at radius 2 is 1.86 bits per heavy atom. The van der Waals surface area contributed by atoms with Gasteiger partial charge in [-0.3, -0.25) is 14.1 Å². The van der Waals surface area contributed by atoms with Crippen molar-refractivity contribution >= 4 is 32.5 Å². The molecule has 1 aliphatic rings. The van der Waals surface area contributed by atoms with E-state index in [-0.39, 0.29) is 15.6 Å². The first kappa shape index (κ1) is 18.4. The van der Waals surface area contributed by atoms with Crippen molar-refractivity contribution in [2.75, 3.05) is 4.72 Å². The van der Waals surface area contributed by atoms with Gasteiger partial charge in [0.15, 0.2) is 5.13 Å². The van der Waals surface area contributed by atoms with Gasteiger partial charge in [0.2, 0.25) is 0 Å². The van der Waals surface area contributed by atoms with E-state index in [2.05, 4.69) is 9.71 Å². The Labute approximate surface area is 164 Å². The fourth-order valence-corrected chi connectivity index (χ4v) is 4.80. The highest BCUT2D eigenvalue weighted by molar-refractivity contribution is 7.93. The molecule has 3 heterocycles. The zero-order chi connectivity index (χ0) is 20.1. The molecule has 0 fully saturated rings. The van der Waals surface area contributed by atoms with Crippen LogP contribution < -0.4 is 10.3 Å². The lowest BCUT2D eigenvalue weighted by atomic mass is 9.97. The summed E-state index contributed by atoms with van der Waals surface area (Å²) in [5.74, 6) is -0.661. The highest BCUT2D eigenvalue weighted by atomic mass is 32.2. The summed E-state index contributed by atoms with van der Waals surface area (Å²) >= 11 is 1.17. The third-order valence-electron chi connectivity index (χ3n) is 4.37. The Hall–Kier alpha value is -2.98. The van der Waals surface area contributed by atoms with Gasteiger partial charge >= 0.3 is 5.97 Å². The molecule has 4 rings (SSSR count). The summed E-state index contributed by atoms with van der Waals surface area (Å²) in [4.78, 5) is 28.8. The minimum atomic E-state index is -3.79. The van der Waals surface area contributed by atoms with Crippen LogP contribution >= 0.6 is 11.3 Å². The highest BCUT2D eigenvalue weighted by Crippen LogP contribution is 2.34. The van der Waals surface area contributed by atoms with Gasteiger partial charge in [-0.2, -0.15) is 0 Å². The van der Waals surface area contributed by atoms with Crippen molar-refractivity contribution in [3.05, 3.63) is 69.6 Å². The monoisotopic (exact) mass is 417 g/mol. The van der Waals surface area contributed by atoms with Crippen molar-refractivity contribution in [3.8, 4) is 5.69 Å². The number of pyridine rings is 1. The van der Waals surface area contributed by atoms with E-state index in [1.807, 2.05) is 0 Å². The van der Waals surface area contributed by atoms with Crippen LogP contribution in [0.15, 0.2) is 57.8 Å². The first-order valence-corrected chi connectivity index (χ1v) is 10.6. The van der Waals surface area contributed by atoms with E-state index in [0.29, 0.717) is 11.3 Å². The molecule has 0 saturated heterocycles. The molecule has 0 atom stereocenters. The number of cyclic esters (lactones) is 1. The quantitative estimate of drug-likeness (QED) is 0.654. The summed E-state index contributed by atoms with van der Waals surface area (Å²) in [6.07, 6.45) is 3.04. The number of aromatic nitrogens is 2. The number of carbonyl (C=O) groups is 1. The second-order valence-electron chi connectivity index (χ2n) is 6.62. The average Bonchev–Trinajstić information content (AvgIpc) is 3.21. The molecule has 2 aromatic heterocycles. The molecular formula is C18H15N3O5S2. The summed E-state index contributed by atoms with van der Waals surface area (Å²) in [6, 6.07) is 7.42. The Balaban J connectivity index is 1.70. The minimum absolute atomic E-state index is 0.00497.